The SMILES string of the molecule is C1CSCN1.CC[C@H](C)[C@H](N)C(=O)O. The molecular formula is C9H20N2O2S. The van der Waals surface area contributed by atoms with E-state index in [9.17, 15) is 4.79 Å². The summed E-state index contributed by atoms with van der Waals surface area (Å²) in [6.07, 6.45) is 0.813. The van der Waals surface area contributed by atoms with E-state index in [0.717, 1.165) is 6.42 Å². The van der Waals surface area contributed by atoms with Crippen molar-refractivity contribution < 1.29 is 9.90 Å². The fraction of sp³-hybridized carbons (Fsp3) is 0.889. The first-order chi connectivity index (χ1) is 6.59. The molecule has 1 aliphatic rings. The number of nitrogens with two attached hydrogens (primary N) is 1. The molecule has 14 heavy (non-hydrogen) atoms. The number of carbonyl (C=O) groups is 1. The van der Waals surface area contributed by atoms with Crippen molar-refractivity contribution in [1.82, 2.24) is 5.32 Å². The molecule has 4 N–H and O–H groups in total. The second kappa shape index (κ2) is 8.08. The molecule has 0 saturated carbocycles. The van der Waals surface area contributed by atoms with E-state index in [-0.39, 0.29) is 5.92 Å². The highest BCUT2D eigenvalue weighted by atomic mass is 32.2. The van der Waals surface area contributed by atoms with Crippen LogP contribution >= 0.6 is 11.8 Å². The minimum absolute atomic E-state index is 0.0718. The van der Waals surface area contributed by atoms with E-state index in [0.29, 0.717) is 0 Å². The van der Waals surface area contributed by atoms with Gasteiger partial charge in [-0.3, -0.25) is 4.79 Å². The van der Waals surface area contributed by atoms with E-state index in [1.54, 1.807) is 0 Å². The van der Waals surface area contributed by atoms with Gasteiger partial charge in [0.25, 0.3) is 0 Å². The Bertz CT molecular complexity index is 155. The zero-order valence-corrected chi connectivity index (χ0v) is 9.64. The van der Waals surface area contributed by atoms with Gasteiger partial charge in [-0.05, 0) is 5.92 Å². The van der Waals surface area contributed by atoms with Crippen LogP contribution in [0.5, 0.6) is 0 Å². The molecule has 0 radical (unpaired) electrons. The number of hydrogen-bond acceptors (Lipinski definition) is 4. The highest BCUT2D eigenvalue weighted by Crippen LogP contribution is 2.04. The molecule has 1 fully saturated rings. The molecular weight excluding hydrogens is 200 g/mol. The Hall–Kier alpha value is -0.260. The molecule has 0 spiro atoms. The van der Waals surface area contributed by atoms with Crippen LogP contribution in [0.2, 0.25) is 0 Å². The highest BCUT2D eigenvalue weighted by Gasteiger charge is 2.17. The van der Waals surface area contributed by atoms with Crippen molar-refractivity contribution >= 4 is 17.7 Å². The van der Waals surface area contributed by atoms with Crippen LogP contribution in [-0.4, -0.2) is 35.3 Å². The smallest absolute Gasteiger partial charge is 0.320 e. The number of rotatable bonds is 3. The number of thioether (sulfide) groups is 1. The molecule has 0 unspecified atom stereocenters. The van der Waals surface area contributed by atoms with Crippen LogP contribution in [0, 0.1) is 5.92 Å². The van der Waals surface area contributed by atoms with Gasteiger partial charge in [-0.15, -0.1) is 11.8 Å². The first-order valence-corrected chi connectivity index (χ1v) is 6.01. The van der Waals surface area contributed by atoms with Crippen molar-refractivity contribution in [1.29, 1.82) is 0 Å². The summed E-state index contributed by atoms with van der Waals surface area (Å²) in [4.78, 5) is 10.2. The zero-order valence-electron chi connectivity index (χ0n) is 8.82. The Morgan fingerprint density at radius 3 is 2.50 bits per heavy atom. The first-order valence-electron chi connectivity index (χ1n) is 4.86. The van der Waals surface area contributed by atoms with Crippen molar-refractivity contribution in [3.05, 3.63) is 0 Å². The number of carboxylic acids is 1. The van der Waals surface area contributed by atoms with Crippen LogP contribution in [0.15, 0.2) is 0 Å². The van der Waals surface area contributed by atoms with Crippen molar-refractivity contribution in [3.8, 4) is 0 Å². The second-order valence-electron chi connectivity index (χ2n) is 3.30. The topological polar surface area (TPSA) is 75.3 Å². The third-order valence-electron chi connectivity index (χ3n) is 2.17. The molecule has 1 heterocycles. The van der Waals surface area contributed by atoms with Gasteiger partial charge in [0.2, 0.25) is 0 Å². The van der Waals surface area contributed by atoms with Crippen LogP contribution in [0.25, 0.3) is 0 Å². The lowest BCUT2D eigenvalue weighted by molar-refractivity contribution is -0.139. The van der Waals surface area contributed by atoms with E-state index in [1.165, 1.54) is 18.2 Å². The number of aliphatic carboxylic acids is 1. The largest absolute Gasteiger partial charge is 0.480 e. The summed E-state index contributed by atoms with van der Waals surface area (Å²) in [6.45, 7) is 4.97. The Kier molecular flexibility index (Phi) is 7.93. The molecule has 1 rings (SSSR count). The zero-order chi connectivity index (χ0) is 11.0. The van der Waals surface area contributed by atoms with Gasteiger partial charge >= 0.3 is 5.97 Å². The third kappa shape index (κ3) is 6.23. The summed E-state index contributed by atoms with van der Waals surface area (Å²) in [6, 6.07) is -0.699. The molecule has 84 valence electrons. The maximum atomic E-state index is 10.2. The highest BCUT2D eigenvalue weighted by molar-refractivity contribution is 7.99. The molecule has 0 aromatic rings. The van der Waals surface area contributed by atoms with E-state index >= 15 is 0 Å². The van der Waals surface area contributed by atoms with Gasteiger partial charge in [-0.2, -0.15) is 0 Å². The van der Waals surface area contributed by atoms with Gasteiger partial charge in [0.15, 0.2) is 0 Å². The maximum Gasteiger partial charge on any atom is 0.320 e. The van der Waals surface area contributed by atoms with Crippen molar-refractivity contribution in [3.63, 3.8) is 0 Å². The molecule has 1 aliphatic heterocycles. The number of carboxylic acid groups (broad SMARTS) is 1. The number of nitrogens with one attached hydrogen (secondary N) is 1. The average Bonchev–Trinajstić information content (AvgIpc) is 2.73. The van der Waals surface area contributed by atoms with E-state index in [1.807, 2.05) is 25.6 Å². The molecule has 5 heteroatoms. The second-order valence-corrected chi connectivity index (χ2v) is 4.41. The summed E-state index contributed by atoms with van der Waals surface area (Å²) in [5.41, 5.74) is 5.27. The summed E-state index contributed by atoms with van der Waals surface area (Å²) < 4.78 is 0. The maximum absolute atomic E-state index is 10.2. The van der Waals surface area contributed by atoms with Crippen LogP contribution in [0.1, 0.15) is 20.3 Å². The molecule has 1 saturated heterocycles. The monoisotopic (exact) mass is 220 g/mol. The minimum Gasteiger partial charge on any atom is -0.480 e. The van der Waals surface area contributed by atoms with Crippen LogP contribution in [0.4, 0.5) is 0 Å². The Morgan fingerprint density at radius 1 is 1.71 bits per heavy atom. The minimum atomic E-state index is -0.913. The molecule has 0 bridgehead atoms. The van der Waals surface area contributed by atoms with Gasteiger partial charge in [0.05, 0.1) is 0 Å². The van der Waals surface area contributed by atoms with E-state index in [2.05, 4.69) is 5.32 Å². The fourth-order valence-corrected chi connectivity index (χ4v) is 1.58. The predicted octanol–water partition coefficient (Wildman–Crippen LogP) is 0.725. The van der Waals surface area contributed by atoms with Gasteiger partial charge in [-0.25, -0.2) is 0 Å². The molecule has 0 aliphatic carbocycles. The lowest BCUT2D eigenvalue weighted by Gasteiger charge is -2.11. The fourth-order valence-electron chi connectivity index (χ4n) is 0.858. The standard InChI is InChI=1S/C6H13NO2.C3H7NS/c1-3-4(2)5(7)6(8)9;1-2-5-3-4-1/h4-5H,3,7H2,1-2H3,(H,8,9);4H,1-3H2/t4-,5-;/m0./s1. The molecule has 2 atom stereocenters. The third-order valence-corrected chi connectivity index (χ3v) is 3.07. The van der Waals surface area contributed by atoms with Gasteiger partial charge in [-0.1, -0.05) is 20.3 Å². The molecule has 0 aromatic carbocycles. The lowest BCUT2D eigenvalue weighted by Crippen LogP contribution is -2.36. The van der Waals surface area contributed by atoms with Crippen LogP contribution < -0.4 is 11.1 Å². The summed E-state index contributed by atoms with van der Waals surface area (Å²) in [7, 11) is 0. The molecule has 0 amide bonds. The summed E-state index contributed by atoms with van der Waals surface area (Å²) in [5.74, 6) is 1.63. The summed E-state index contributed by atoms with van der Waals surface area (Å²) >= 11 is 1.96. The van der Waals surface area contributed by atoms with Crippen molar-refractivity contribution in [2.45, 2.75) is 26.3 Å². The van der Waals surface area contributed by atoms with Gasteiger partial charge in [0, 0.05) is 18.2 Å². The van der Waals surface area contributed by atoms with Gasteiger partial charge in [0.1, 0.15) is 6.04 Å². The van der Waals surface area contributed by atoms with Crippen LogP contribution in [0.3, 0.4) is 0 Å². The summed E-state index contributed by atoms with van der Waals surface area (Å²) in [5, 5.41) is 11.5. The normalized spacial score (nSPS) is 19.4. The first kappa shape index (κ1) is 13.7. The van der Waals surface area contributed by atoms with E-state index in [4.69, 9.17) is 10.8 Å². The van der Waals surface area contributed by atoms with Crippen LogP contribution in [-0.2, 0) is 4.79 Å². The predicted molar refractivity (Wildman–Crippen MR) is 60.4 cm³/mol. The lowest BCUT2D eigenvalue weighted by atomic mass is 10.0. The number of hydrogen-bond donors (Lipinski definition) is 3. The quantitative estimate of drug-likeness (QED) is 0.653. The van der Waals surface area contributed by atoms with Gasteiger partial charge < -0.3 is 16.2 Å². The Labute approximate surface area is 89.6 Å². The Balaban J connectivity index is 0.000000280. The molecule has 4 nitrogen and oxygen atoms in total. The average molecular weight is 220 g/mol. The van der Waals surface area contributed by atoms with Crippen molar-refractivity contribution in [2.75, 3.05) is 18.2 Å². The van der Waals surface area contributed by atoms with E-state index < -0.39 is 12.0 Å². The van der Waals surface area contributed by atoms with Crippen molar-refractivity contribution in [2.24, 2.45) is 11.7 Å². The Morgan fingerprint density at radius 2 is 2.36 bits per heavy atom. The molecule has 0 aromatic heterocycles.